The number of aromatic nitrogens is 2. The van der Waals surface area contributed by atoms with Crippen molar-refractivity contribution in [2.75, 3.05) is 0 Å². The number of carbonyl (C=O) groups excluding carboxylic acids is 2. The van der Waals surface area contributed by atoms with E-state index in [0.717, 1.165) is 0 Å². The van der Waals surface area contributed by atoms with Gasteiger partial charge in [-0.15, -0.1) is 0 Å². The molecular weight excluding hydrogens is 355 g/mol. The number of nitrogens with one attached hydrogen (secondary N) is 3. The van der Waals surface area contributed by atoms with Crippen molar-refractivity contribution in [1.29, 1.82) is 0 Å². The number of hydrogen-bond acceptors (Lipinski definition) is 5. The second-order valence-electron chi connectivity index (χ2n) is 5.58. The zero-order valence-electron chi connectivity index (χ0n) is 14.2. The van der Waals surface area contributed by atoms with Crippen LogP contribution >= 0.6 is 0 Å². The van der Waals surface area contributed by atoms with Crippen molar-refractivity contribution >= 4 is 22.6 Å². The van der Waals surface area contributed by atoms with E-state index in [1.807, 2.05) is 0 Å². The summed E-state index contributed by atoms with van der Waals surface area (Å²) < 4.78 is 18.8. The van der Waals surface area contributed by atoms with Crippen molar-refractivity contribution in [3.05, 3.63) is 70.4 Å². The molecule has 0 saturated heterocycles. The normalized spacial score (nSPS) is 11.6. The van der Waals surface area contributed by atoms with Gasteiger partial charge in [0.2, 0.25) is 0 Å². The summed E-state index contributed by atoms with van der Waals surface area (Å²) in [4.78, 5) is 36.1. The van der Waals surface area contributed by atoms with Crippen LogP contribution < -0.4 is 21.1 Å². The minimum atomic E-state index is -1.07. The van der Waals surface area contributed by atoms with Gasteiger partial charge in [-0.05, 0) is 25.1 Å². The lowest BCUT2D eigenvalue weighted by molar-refractivity contribution is -0.128. The quantitative estimate of drug-likeness (QED) is 0.599. The Morgan fingerprint density at radius 3 is 2.48 bits per heavy atom. The number of ether oxygens (including phenoxy) is 1. The molecule has 0 aliphatic rings. The Labute approximate surface area is 152 Å². The maximum atomic E-state index is 13.6. The van der Waals surface area contributed by atoms with Gasteiger partial charge in [0.25, 0.3) is 17.4 Å². The number of carbonyl (C=O) groups is 2. The number of aromatic amines is 1. The topological polar surface area (TPSA) is 113 Å². The van der Waals surface area contributed by atoms with Gasteiger partial charge in [-0.3, -0.25) is 25.2 Å². The molecule has 9 heteroatoms. The molecule has 8 nitrogen and oxygen atoms in total. The Morgan fingerprint density at radius 2 is 1.74 bits per heavy atom. The number of amides is 2. The second kappa shape index (κ2) is 7.65. The maximum Gasteiger partial charge on any atom is 0.290 e. The van der Waals surface area contributed by atoms with Crippen LogP contribution in [0.4, 0.5) is 4.39 Å². The highest BCUT2D eigenvalue weighted by molar-refractivity contribution is 6.05. The molecule has 2 amide bonds. The van der Waals surface area contributed by atoms with Gasteiger partial charge < -0.3 is 4.74 Å². The van der Waals surface area contributed by atoms with E-state index in [-0.39, 0.29) is 11.4 Å². The van der Waals surface area contributed by atoms with E-state index in [4.69, 9.17) is 4.74 Å². The van der Waals surface area contributed by atoms with Crippen molar-refractivity contribution in [1.82, 2.24) is 21.0 Å². The molecule has 0 radical (unpaired) electrons. The van der Waals surface area contributed by atoms with Gasteiger partial charge in [-0.25, -0.2) is 9.49 Å². The molecule has 0 aliphatic heterocycles. The molecule has 3 rings (SSSR count). The van der Waals surface area contributed by atoms with Crippen molar-refractivity contribution in [3.63, 3.8) is 0 Å². The smallest absolute Gasteiger partial charge is 0.290 e. The van der Waals surface area contributed by atoms with Crippen LogP contribution in [-0.2, 0) is 4.79 Å². The van der Waals surface area contributed by atoms with Gasteiger partial charge >= 0.3 is 0 Å². The Kier molecular flexibility index (Phi) is 5.11. The Bertz CT molecular complexity index is 1070. The number of fused-ring (bicyclic) bond motifs is 1. The average Bonchev–Trinajstić information content (AvgIpc) is 2.68. The van der Waals surface area contributed by atoms with Crippen LogP contribution in [0.5, 0.6) is 5.75 Å². The van der Waals surface area contributed by atoms with E-state index in [9.17, 15) is 18.8 Å². The van der Waals surface area contributed by atoms with Gasteiger partial charge in [0.05, 0.1) is 5.39 Å². The largest absolute Gasteiger partial charge is 0.478 e. The first-order chi connectivity index (χ1) is 13.0. The molecule has 1 heterocycles. The monoisotopic (exact) mass is 370 g/mol. The summed E-state index contributed by atoms with van der Waals surface area (Å²) in [5, 5.41) is 6.58. The number of para-hydroxylation sites is 1. The summed E-state index contributed by atoms with van der Waals surface area (Å²) in [6.45, 7) is 1.40. The molecule has 0 aliphatic carbocycles. The summed E-state index contributed by atoms with van der Waals surface area (Å²) in [6, 6.07) is 12.1. The summed E-state index contributed by atoms with van der Waals surface area (Å²) in [5.41, 5.74) is 3.88. The SMILES string of the molecule is CC(Oc1ccccc1F)C(=O)NNC(=O)c1n[nH]c(=O)c2ccccc12. The number of benzene rings is 2. The third-order valence-corrected chi connectivity index (χ3v) is 3.72. The maximum absolute atomic E-state index is 13.6. The molecular formula is C18H15FN4O4. The van der Waals surface area contributed by atoms with Crippen molar-refractivity contribution in [2.24, 2.45) is 0 Å². The van der Waals surface area contributed by atoms with Gasteiger partial charge in [-0.1, -0.05) is 30.3 Å². The van der Waals surface area contributed by atoms with E-state index in [1.54, 1.807) is 30.3 Å². The summed E-state index contributed by atoms with van der Waals surface area (Å²) >= 11 is 0. The first kappa shape index (κ1) is 18.1. The van der Waals surface area contributed by atoms with Crippen molar-refractivity contribution < 1.29 is 18.7 Å². The fraction of sp³-hybridized carbons (Fsp3) is 0.111. The highest BCUT2D eigenvalue weighted by Crippen LogP contribution is 2.17. The summed E-state index contributed by atoms with van der Waals surface area (Å²) in [5.74, 6) is -2.11. The van der Waals surface area contributed by atoms with Gasteiger partial charge in [0.15, 0.2) is 23.4 Å². The predicted molar refractivity (Wildman–Crippen MR) is 94.5 cm³/mol. The van der Waals surface area contributed by atoms with E-state index in [0.29, 0.717) is 10.8 Å². The van der Waals surface area contributed by atoms with Crippen LogP contribution in [0.25, 0.3) is 10.8 Å². The molecule has 3 aromatic rings. The molecule has 0 spiro atoms. The van der Waals surface area contributed by atoms with Crippen molar-refractivity contribution in [3.8, 4) is 5.75 Å². The van der Waals surface area contributed by atoms with Crippen LogP contribution in [0.3, 0.4) is 0 Å². The number of rotatable bonds is 4. The fourth-order valence-corrected chi connectivity index (χ4v) is 2.35. The Morgan fingerprint density at radius 1 is 1.07 bits per heavy atom. The molecule has 0 bridgehead atoms. The first-order valence-corrected chi connectivity index (χ1v) is 7.96. The average molecular weight is 370 g/mol. The van der Waals surface area contributed by atoms with Crippen LogP contribution in [0.15, 0.2) is 53.3 Å². The molecule has 1 atom stereocenters. The highest BCUT2D eigenvalue weighted by atomic mass is 19.1. The Hall–Kier alpha value is -3.75. The van der Waals surface area contributed by atoms with Crippen LogP contribution in [0.2, 0.25) is 0 Å². The van der Waals surface area contributed by atoms with E-state index in [1.165, 1.54) is 25.1 Å². The molecule has 3 N–H and O–H groups in total. The highest BCUT2D eigenvalue weighted by Gasteiger charge is 2.19. The molecule has 1 aromatic heterocycles. The second-order valence-corrected chi connectivity index (χ2v) is 5.58. The molecule has 138 valence electrons. The van der Waals surface area contributed by atoms with E-state index < -0.39 is 29.3 Å². The van der Waals surface area contributed by atoms with E-state index in [2.05, 4.69) is 21.0 Å². The number of hydrogen-bond donors (Lipinski definition) is 3. The third-order valence-electron chi connectivity index (χ3n) is 3.72. The number of H-pyrrole nitrogens is 1. The summed E-state index contributed by atoms with van der Waals surface area (Å²) in [7, 11) is 0. The standard InChI is InChI=1S/C18H15FN4O4/c1-10(27-14-9-5-4-8-13(14)19)16(24)21-23-18(26)15-11-6-2-3-7-12(11)17(25)22-20-15/h2-10H,1H3,(H,21,24)(H,22,25)(H,23,26). The van der Waals surface area contributed by atoms with E-state index >= 15 is 0 Å². The number of hydrazine groups is 1. The molecule has 0 fully saturated rings. The zero-order chi connectivity index (χ0) is 19.4. The lowest BCUT2D eigenvalue weighted by atomic mass is 10.1. The molecule has 1 unspecified atom stereocenters. The van der Waals surface area contributed by atoms with Crippen molar-refractivity contribution in [2.45, 2.75) is 13.0 Å². The summed E-state index contributed by atoms with van der Waals surface area (Å²) in [6.07, 6.45) is -1.07. The molecule has 2 aromatic carbocycles. The predicted octanol–water partition coefficient (Wildman–Crippen LogP) is 1.29. The third kappa shape index (κ3) is 3.92. The first-order valence-electron chi connectivity index (χ1n) is 7.96. The lowest BCUT2D eigenvalue weighted by Crippen LogP contribution is -2.47. The van der Waals surface area contributed by atoms with Gasteiger partial charge in [0.1, 0.15) is 0 Å². The number of halogens is 1. The number of nitrogens with zero attached hydrogens (tertiary/aromatic N) is 1. The van der Waals surface area contributed by atoms with Crippen LogP contribution in [0, 0.1) is 5.82 Å². The Balaban J connectivity index is 1.67. The van der Waals surface area contributed by atoms with Gasteiger partial charge in [0, 0.05) is 5.39 Å². The van der Waals surface area contributed by atoms with Crippen LogP contribution in [0.1, 0.15) is 17.4 Å². The lowest BCUT2D eigenvalue weighted by Gasteiger charge is -2.15. The fourth-order valence-electron chi connectivity index (χ4n) is 2.35. The van der Waals surface area contributed by atoms with Gasteiger partial charge in [-0.2, -0.15) is 5.10 Å². The minimum Gasteiger partial charge on any atom is -0.478 e. The molecule has 27 heavy (non-hydrogen) atoms. The minimum absolute atomic E-state index is 0.0619. The molecule has 0 saturated carbocycles. The zero-order valence-corrected chi connectivity index (χ0v) is 14.2. The van der Waals surface area contributed by atoms with Crippen LogP contribution in [-0.4, -0.2) is 28.1 Å².